The normalized spacial score (nSPS) is 42.3. The second kappa shape index (κ2) is 11.9. The highest BCUT2D eigenvalue weighted by molar-refractivity contribution is 7.92. The van der Waals surface area contributed by atoms with Crippen LogP contribution in [-0.4, -0.2) is 48.5 Å². The predicted molar refractivity (Wildman–Crippen MR) is 163 cm³/mol. The number of rotatable bonds is 9. The maximum absolute atomic E-state index is 15.6. The van der Waals surface area contributed by atoms with E-state index in [-0.39, 0.29) is 51.6 Å². The van der Waals surface area contributed by atoms with Crippen LogP contribution < -0.4 is 0 Å². The Hall–Kier alpha value is -1.31. The molecule has 4 aliphatic carbocycles. The molecule has 0 aromatic heterocycles. The number of benzene rings is 1. The number of aliphatic hydroxyl groups is 2. The van der Waals surface area contributed by atoms with Crippen molar-refractivity contribution in [2.24, 2.45) is 52.3 Å². The molecule has 4 aliphatic rings. The Bertz CT molecular complexity index is 1250. The summed E-state index contributed by atoms with van der Waals surface area (Å²) < 4.78 is 41.2. The monoisotopic (exact) mass is 604 g/mol. The lowest BCUT2D eigenvalue weighted by Crippen LogP contribution is -2.65. The van der Waals surface area contributed by atoms with Crippen LogP contribution >= 0.6 is 0 Å². The molecule has 4 fully saturated rings. The largest absolute Gasteiger partial charge is 0.393 e. The van der Waals surface area contributed by atoms with Gasteiger partial charge in [0.05, 0.1) is 17.1 Å². The minimum Gasteiger partial charge on any atom is -0.393 e. The van der Waals surface area contributed by atoms with Crippen LogP contribution in [0.3, 0.4) is 0 Å². The van der Waals surface area contributed by atoms with Crippen molar-refractivity contribution in [2.75, 3.05) is 5.75 Å². The van der Waals surface area contributed by atoms with E-state index in [1.807, 2.05) is 0 Å². The van der Waals surface area contributed by atoms with Crippen molar-refractivity contribution < 1.29 is 27.8 Å². The van der Waals surface area contributed by atoms with E-state index in [0.717, 1.165) is 44.9 Å². The number of Topliss-reactive ketones (excluding diaryl/α,β-unsaturated/α-hetero) is 1. The summed E-state index contributed by atoms with van der Waals surface area (Å²) >= 11 is 0. The summed E-state index contributed by atoms with van der Waals surface area (Å²) in [5.74, 6) is 0.690. The number of sulfone groups is 1. The summed E-state index contributed by atoms with van der Waals surface area (Å²) in [4.78, 5) is 13.0. The van der Waals surface area contributed by atoms with Crippen molar-refractivity contribution in [3.8, 4) is 0 Å². The molecule has 1 aromatic rings. The van der Waals surface area contributed by atoms with Crippen molar-refractivity contribution in [1.82, 2.24) is 0 Å². The van der Waals surface area contributed by atoms with E-state index in [1.165, 1.54) is 0 Å². The van der Waals surface area contributed by atoms with E-state index in [9.17, 15) is 23.4 Å². The van der Waals surface area contributed by atoms with Gasteiger partial charge in [-0.1, -0.05) is 58.7 Å². The van der Waals surface area contributed by atoms with E-state index in [0.29, 0.717) is 36.2 Å². The fourth-order valence-electron chi connectivity index (χ4n) is 11.0. The van der Waals surface area contributed by atoms with Gasteiger partial charge in [0.1, 0.15) is 17.7 Å². The summed E-state index contributed by atoms with van der Waals surface area (Å²) in [6.07, 6.45) is 5.48. The standard InChI is InChI=1S/C35H53FO5S/c1-6-24-31-32(36)28(38)17-19-35(31,5)27-16-18-34(4)25(14-15-26(34)30(27)33(24)39)21(2)11-9-12-23(37)20-42(40,41)29-13-8-7-10-22(29)3/h7-8,10,13,21,24-28,30-33,38-39H,6,9,11-12,14-20H2,1-5H3/t21-,24-,25?,26?,27?,28-,30?,31-,32+,33?,34-,35-/m1/s1. The van der Waals surface area contributed by atoms with Gasteiger partial charge in [-0.3, -0.25) is 4.79 Å². The number of fused-ring (bicyclic) bond motifs is 5. The highest BCUT2D eigenvalue weighted by Crippen LogP contribution is 2.69. The van der Waals surface area contributed by atoms with Crippen LogP contribution in [0.5, 0.6) is 0 Å². The molecule has 0 spiro atoms. The fourth-order valence-corrected chi connectivity index (χ4v) is 12.6. The van der Waals surface area contributed by atoms with Crippen LogP contribution in [0, 0.1) is 59.2 Å². The molecule has 0 saturated heterocycles. The average molecular weight is 605 g/mol. The van der Waals surface area contributed by atoms with Crippen molar-refractivity contribution in [3.05, 3.63) is 29.8 Å². The van der Waals surface area contributed by atoms with Gasteiger partial charge in [0.15, 0.2) is 9.84 Å². The second-order valence-corrected chi connectivity index (χ2v) is 17.1. The molecule has 7 heteroatoms. The Labute approximate surface area is 253 Å². The average Bonchev–Trinajstić information content (AvgIpc) is 3.29. The number of aliphatic hydroxyl groups excluding tert-OH is 2. The van der Waals surface area contributed by atoms with Gasteiger partial charge in [0.25, 0.3) is 0 Å². The third-order valence-corrected chi connectivity index (χ3v) is 14.9. The van der Waals surface area contributed by atoms with E-state index >= 15 is 4.39 Å². The van der Waals surface area contributed by atoms with E-state index in [1.54, 1.807) is 31.2 Å². The topological polar surface area (TPSA) is 91.7 Å². The Kier molecular flexibility index (Phi) is 9.09. The highest BCUT2D eigenvalue weighted by atomic mass is 32.2. The number of hydrogen-bond donors (Lipinski definition) is 2. The van der Waals surface area contributed by atoms with Crippen molar-refractivity contribution in [2.45, 2.75) is 122 Å². The zero-order chi connectivity index (χ0) is 30.6. The van der Waals surface area contributed by atoms with Crippen molar-refractivity contribution >= 4 is 15.6 Å². The van der Waals surface area contributed by atoms with Gasteiger partial charge in [-0.25, -0.2) is 12.8 Å². The Morgan fingerprint density at radius 3 is 2.40 bits per heavy atom. The first-order valence-corrected chi connectivity index (χ1v) is 18.2. The van der Waals surface area contributed by atoms with Gasteiger partial charge >= 0.3 is 0 Å². The summed E-state index contributed by atoms with van der Waals surface area (Å²) in [5.41, 5.74) is 0.582. The molecule has 12 atom stereocenters. The van der Waals surface area contributed by atoms with E-state index in [2.05, 4.69) is 27.7 Å². The molecule has 0 amide bonds. The molecule has 5 unspecified atom stereocenters. The van der Waals surface area contributed by atoms with Gasteiger partial charge in [0, 0.05) is 12.3 Å². The molecule has 0 aliphatic heterocycles. The maximum Gasteiger partial charge on any atom is 0.185 e. The molecule has 42 heavy (non-hydrogen) atoms. The van der Waals surface area contributed by atoms with Crippen LogP contribution in [0.15, 0.2) is 29.2 Å². The lowest BCUT2D eigenvalue weighted by molar-refractivity contribution is -0.222. The lowest BCUT2D eigenvalue weighted by Gasteiger charge is -2.65. The second-order valence-electron chi connectivity index (χ2n) is 15.1. The van der Waals surface area contributed by atoms with Crippen LogP contribution in [0.2, 0.25) is 0 Å². The summed E-state index contributed by atoms with van der Waals surface area (Å²) in [6.45, 7) is 10.8. The zero-order valence-electron chi connectivity index (χ0n) is 26.3. The number of halogens is 1. The number of hydrogen-bond acceptors (Lipinski definition) is 5. The molecule has 0 radical (unpaired) electrons. The highest BCUT2D eigenvalue weighted by Gasteiger charge is 2.66. The van der Waals surface area contributed by atoms with Gasteiger partial charge in [-0.05, 0) is 110 Å². The van der Waals surface area contributed by atoms with Crippen LogP contribution in [0.4, 0.5) is 4.39 Å². The third-order valence-electron chi connectivity index (χ3n) is 13.1. The third kappa shape index (κ3) is 5.31. The lowest BCUT2D eigenvalue weighted by atomic mass is 9.41. The fraction of sp³-hybridized carbons (Fsp3) is 0.800. The Morgan fingerprint density at radius 1 is 1.05 bits per heavy atom. The maximum atomic E-state index is 15.6. The molecule has 5 nitrogen and oxygen atoms in total. The molecule has 4 saturated carbocycles. The number of carbonyl (C=O) groups is 1. The summed E-state index contributed by atoms with van der Waals surface area (Å²) in [7, 11) is -3.64. The first-order valence-electron chi connectivity index (χ1n) is 16.6. The van der Waals surface area contributed by atoms with Gasteiger partial charge in [-0.15, -0.1) is 0 Å². The van der Waals surface area contributed by atoms with Crippen LogP contribution in [0.25, 0.3) is 0 Å². The molecular formula is C35H53FO5S. The predicted octanol–water partition coefficient (Wildman–Crippen LogP) is 6.72. The quantitative estimate of drug-likeness (QED) is 0.327. The van der Waals surface area contributed by atoms with Crippen LogP contribution in [0.1, 0.15) is 97.5 Å². The van der Waals surface area contributed by atoms with Crippen molar-refractivity contribution in [3.63, 3.8) is 0 Å². The molecular weight excluding hydrogens is 551 g/mol. The van der Waals surface area contributed by atoms with E-state index < -0.39 is 34.0 Å². The number of aryl methyl sites for hydroxylation is 1. The zero-order valence-corrected chi connectivity index (χ0v) is 27.1. The molecule has 0 bridgehead atoms. The van der Waals surface area contributed by atoms with E-state index in [4.69, 9.17) is 0 Å². The number of ketones is 1. The van der Waals surface area contributed by atoms with Gasteiger partial charge in [0.2, 0.25) is 0 Å². The smallest absolute Gasteiger partial charge is 0.185 e. The van der Waals surface area contributed by atoms with Crippen LogP contribution in [-0.2, 0) is 14.6 Å². The number of alkyl halides is 1. The first-order chi connectivity index (χ1) is 19.8. The molecule has 1 aromatic carbocycles. The molecule has 236 valence electrons. The minimum atomic E-state index is -3.64. The first kappa shape index (κ1) is 32.1. The Balaban J connectivity index is 1.24. The Morgan fingerprint density at radius 2 is 1.71 bits per heavy atom. The van der Waals surface area contributed by atoms with Gasteiger partial charge in [-0.2, -0.15) is 0 Å². The van der Waals surface area contributed by atoms with Crippen molar-refractivity contribution in [1.29, 1.82) is 0 Å². The number of carbonyl (C=O) groups excluding carboxylic acids is 1. The molecule has 0 heterocycles. The summed E-state index contributed by atoms with van der Waals surface area (Å²) in [5, 5.41) is 22.3. The SMILES string of the molecule is CC[C@H]1C(O)C2C3CCC([C@H](C)CCCC(=O)CS(=O)(=O)c4ccccc4C)[C@@]3(C)CCC2[C@@]2(C)CC[C@@H](O)[C@H](F)[C@@H]12. The molecule has 5 rings (SSSR count). The summed E-state index contributed by atoms with van der Waals surface area (Å²) in [6, 6.07) is 6.82. The minimum absolute atomic E-state index is 0.102. The van der Waals surface area contributed by atoms with Gasteiger partial charge < -0.3 is 10.2 Å². The molecule has 2 N–H and O–H groups in total.